The van der Waals surface area contributed by atoms with Gasteiger partial charge in [0.2, 0.25) is 5.91 Å². The zero-order chi connectivity index (χ0) is 15.8. The Morgan fingerprint density at radius 3 is 2.70 bits per heavy atom. The van der Waals surface area contributed by atoms with Gasteiger partial charge in [-0.2, -0.15) is 0 Å². The molecule has 0 aliphatic carbocycles. The Bertz CT molecular complexity index is 635. The van der Waals surface area contributed by atoms with E-state index in [-0.39, 0.29) is 11.8 Å². The third-order valence-electron chi connectivity index (χ3n) is 5.25. The molecule has 1 aromatic carbocycles. The standard InChI is InChI=1S/C18H22N2O3/c21-16-5-2-9-20(16)14-6-10-19(11-7-14)18(22)15-4-1-3-13-8-12-23-17(13)15/h1,3-4,14H,2,5-12H2. The Morgan fingerprint density at radius 2 is 1.96 bits per heavy atom. The van der Waals surface area contributed by atoms with E-state index in [0.29, 0.717) is 24.6 Å². The second kappa shape index (κ2) is 5.87. The summed E-state index contributed by atoms with van der Waals surface area (Å²) in [6.07, 6.45) is 4.31. The second-order valence-corrected chi connectivity index (χ2v) is 6.61. The molecule has 4 rings (SSSR count). The number of likely N-dealkylation sites (tertiary alicyclic amines) is 2. The molecule has 0 aromatic heterocycles. The van der Waals surface area contributed by atoms with Crippen LogP contribution in [0.15, 0.2) is 18.2 Å². The number of para-hydroxylation sites is 1. The number of hydrogen-bond donors (Lipinski definition) is 0. The first kappa shape index (κ1) is 14.5. The molecule has 0 N–H and O–H groups in total. The number of rotatable bonds is 2. The van der Waals surface area contributed by atoms with Gasteiger partial charge in [0.1, 0.15) is 5.75 Å². The Hall–Kier alpha value is -2.04. The quantitative estimate of drug-likeness (QED) is 0.837. The monoisotopic (exact) mass is 314 g/mol. The van der Waals surface area contributed by atoms with E-state index in [9.17, 15) is 9.59 Å². The topological polar surface area (TPSA) is 49.9 Å². The van der Waals surface area contributed by atoms with Crippen molar-refractivity contribution >= 4 is 11.8 Å². The first-order valence-corrected chi connectivity index (χ1v) is 8.57. The average Bonchev–Trinajstić information content (AvgIpc) is 3.22. The number of carbonyl (C=O) groups excluding carboxylic acids is 2. The summed E-state index contributed by atoms with van der Waals surface area (Å²) in [7, 11) is 0. The van der Waals surface area contributed by atoms with Crippen LogP contribution >= 0.6 is 0 Å². The van der Waals surface area contributed by atoms with Gasteiger partial charge in [0.25, 0.3) is 5.91 Å². The lowest BCUT2D eigenvalue weighted by molar-refractivity contribution is -0.130. The Labute approximate surface area is 136 Å². The molecule has 1 aromatic rings. The number of nitrogens with zero attached hydrogens (tertiary/aromatic N) is 2. The number of amides is 2. The fourth-order valence-corrected chi connectivity index (χ4v) is 3.99. The van der Waals surface area contributed by atoms with E-state index in [1.165, 1.54) is 0 Å². The number of carbonyl (C=O) groups is 2. The zero-order valence-electron chi connectivity index (χ0n) is 13.3. The van der Waals surface area contributed by atoms with E-state index in [1.807, 2.05) is 28.0 Å². The van der Waals surface area contributed by atoms with Crippen molar-refractivity contribution in [2.45, 2.75) is 38.1 Å². The van der Waals surface area contributed by atoms with Crippen LogP contribution in [-0.4, -0.2) is 53.9 Å². The van der Waals surface area contributed by atoms with Crippen molar-refractivity contribution in [3.63, 3.8) is 0 Å². The molecule has 0 atom stereocenters. The maximum Gasteiger partial charge on any atom is 0.257 e. The molecule has 0 unspecified atom stereocenters. The predicted molar refractivity (Wildman–Crippen MR) is 85.5 cm³/mol. The van der Waals surface area contributed by atoms with Crippen LogP contribution in [0.4, 0.5) is 0 Å². The van der Waals surface area contributed by atoms with Crippen molar-refractivity contribution in [2.24, 2.45) is 0 Å². The van der Waals surface area contributed by atoms with Gasteiger partial charge in [0.05, 0.1) is 12.2 Å². The van der Waals surface area contributed by atoms with Crippen molar-refractivity contribution in [1.82, 2.24) is 9.80 Å². The van der Waals surface area contributed by atoms with E-state index in [1.54, 1.807) is 0 Å². The maximum atomic E-state index is 12.8. The summed E-state index contributed by atoms with van der Waals surface area (Å²) in [5.41, 5.74) is 1.82. The Balaban J connectivity index is 1.43. The summed E-state index contributed by atoms with van der Waals surface area (Å²) in [5, 5.41) is 0. The highest BCUT2D eigenvalue weighted by molar-refractivity contribution is 5.97. The summed E-state index contributed by atoms with van der Waals surface area (Å²) in [5.74, 6) is 1.12. The molecule has 23 heavy (non-hydrogen) atoms. The van der Waals surface area contributed by atoms with Gasteiger partial charge in [0, 0.05) is 38.5 Å². The Kier molecular flexibility index (Phi) is 3.71. The van der Waals surface area contributed by atoms with Gasteiger partial charge in [0.15, 0.2) is 0 Å². The molecule has 0 radical (unpaired) electrons. The number of piperidine rings is 1. The molecule has 122 valence electrons. The lowest BCUT2D eigenvalue weighted by atomic mass is 10.0. The van der Waals surface area contributed by atoms with Crippen LogP contribution in [0, 0.1) is 0 Å². The molecule has 3 heterocycles. The Morgan fingerprint density at radius 1 is 1.13 bits per heavy atom. The summed E-state index contributed by atoms with van der Waals surface area (Å²) in [6.45, 7) is 2.99. The fourth-order valence-electron chi connectivity index (χ4n) is 3.99. The largest absolute Gasteiger partial charge is 0.492 e. The molecule has 5 nitrogen and oxygen atoms in total. The van der Waals surface area contributed by atoms with Crippen molar-refractivity contribution in [2.75, 3.05) is 26.2 Å². The highest BCUT2D eigenvalue weighted by Crippen LogP contribution is 2.31. The van der Waals surface area contributed by atoms with Gasteiger partial charge in [-0.1, -0.05) is 12.1 Å². The van der Waals surface area contributed by atoms with Gasteiger partial charge in [-0.25, -0.2) is 0 Å². The minimum absolute atomic E-state index is 0.0648. The van der Waals surface area contributed by atoms with Crippen LogP contribution in [0.25, 0.3) is 0 Å². The van der Waals surface area contributed by atoms with E-state index in [2.05, 4.69) is 0 Å². The lowest BCUT2D eigenvalue weighted by Gasteiger charge is -2.36. The van der Waals surface area contributed by atoms with Crippen LogP contribution in [0.1, 0.15) is 41.6 Å². The molecule has 0 bridgehead atoms. The molecule has 2 amide bonds. The van der Waals surface area contributed by atoms with Crippen LogP contribution in [0.3, 0.4) is 0 Å². The summed E-state index contributed by atoms with van der Waals surface area (Å²) in [4.78, 5) is 28.6. The minimum atomic E-state index is 0.0648. The highest BCUT2D eigenvalue weighted by Gasteiger charge is 2.33. The van der Waals surface area contributed by atoms with Gasteiger partial charge in [-0.3, -0.25) is 9.59 Å². The van der Waals surface area contributed by atoms with E-state index < -0.39 is 0 Å². The van der Waals surface area contributed by atoms with Gasteiger partial charge in [-0.15, -0.1) is 0 Å². The minimum Gasteiger partial charge on any atom is -0.492 e. The number of benzene rings is 1. The molecule has 3 aliphatic rings. The predicted octanol–water partition coefficient (Wildman–Crippen LogP) is 1.85. The molecular formula is C18H22N2O3. The van der Waals surface area contributed by atoms with Crippen LogP contribution in [0.2, 0.25) is 0 Å². The van der Waals surface area contributed by atoms with E-state index >= 15 is 0 Å². The van der Waals surface area contributed by atoms with E-state index in [4.69, 9.17) is 4.74 Å². The van der Waals surface area contributed by atoms with Crippen molar-refractivity contribution in [3.05, 3.63) is 29.3 Å². The van der Waals surface area contributed by atoms with Gasteiger partial charge in [-0.05, 0) is 30.9 Å². The molecule has 2 saturated heterocycles. The fraction of sp³-hybridized carbons (Fsp3) is 0.556. The third-order valence-corrected chi connectivity index (χ3v) is 5.25. The molecular weight excluding hydrogens is 292 g/mol. The van der Waals surface area contributed by atoms with Crippen molar-refractivity contribution in [3.8, 4) is 5.75 Å². The van der Waals surface area contributed by atoms with Gasteiger partial charge < -0.3 is 14.5 Å². The first-order valence-electron chi connectivity index (χ1n) is 8.57. The lowest BCUT2D eigenvalue weighted by Crippen LogP contribution is -2.47. The maximum absolute atomic E-state index is 12.8. The van der Waals surface area contributed by atoms with Crippen LogP contribution < -0.4 is 4.74 Å². The summed E-state index contributed by atoms with van der Waals surface area (Å²) >= 11 is 0. The molecule has 0 saturated carbocycles. The zero-order valence-corrected chi connectivity index (χ0v) is 13.3. The number of ether oxygens (including phenoxy) is 1. The third kappa shape index (κ3) is 2.58. The van der Waals surface area contributed by atoms with Crippen LogP contribution in [0.5, 0.6) is 5.75 Å². The average molecular weight is 314 g/mol. The van der Waals surface area contributed by atoms with E-state index in [0.717, 1.165) is 56.6 Å². The van der Waals surface area contributed by atoms with Crippen molar-refractivity contribution < 1.29 is 14.3 Å². The SMILES string of the molecule is O=C(c1cccc2c1OCC2)N1CCC(N2CCCC2=O)CC1. The summed E-state index contributed by atoms with van der Waals surface area (Å²) in [6, 6.07) is 6.15. The smallest absolute Gasteiger partial charge is 0.257 e. The first-order chi connectivity index (χ1) is 11.2. The highest BCUT2D eigenvalue weighted by atomic mass is 16.5. The second-order valence-electron chi connectivity index (χ2n) is 6.61. The molecule has 0 spiro atoms. The molecule has 3 aliphatic heterocycles. The van der Waals surface area contributed by atoms with Crippen molar-refractivity contribution in [1.29, 1.82) is 0 Å². The number of fused-ring (bicyclic) bond motifs is 1. The molecule has 5 heteroatoms. The normalized spacial score (nSPS) is 21.5. The van der Waals surface area contributed by atoms with Gasteiger partial charge >= 0.3 is 0 Å². The number of hydrogen-bond acceptors (Lipinski definition) is 3. The van der Waals surface area contributed by atoms with Crippen LogP contribution in [-0.2, 0) is 11.2 Å². The molecule has 2 fully saturated rings. The summed E-state index contributed by atoms with van der Waals surface area (Å²) < 4.78 is 5.66.